The van der Waals surface area contributed by atoms with Crippen molar-refractivity contribution < 1.29 is 19.4 Å². The molecule has 0 spiro atoms. The average molecular weight is 241 g/mol. The van der Waals surface area contributed by atoms with Crippen molar-refractivity contribution in [2.24, 2.45) is 0 Å². The summed E-state index contributed by atoms with van der Waals surface area (Å²) in [6, 6.07) is 3.50. The van der Waals surface area contributed by atoms with Gasteiger partial charge < -0.3 is 10.2 Å². The van der Waals surface area contributed by atoms with E-state index in [4.69, 9.17) is 5.11 Å². The van der Waals surface area contributed by atoms with Gasteiger partial charge in [0.1, 0.15) is 11.6 Å². The Hall–Kier alpha value is -1.62. The van der Waals surface area contributed by atoms with Crippen LogP contribution in [0.4, 0.5) is 4.39 Å². The molecule has 0 amide bonds. The van der Waals surface area contributed by atoms with Crippen LogP contribution in [0.3, 0.4) is 0 Å². The lowest BCUT2D eigenvalue weighted by Gasteiger charge is -2.25. The topological polar surface area (TPSA) is 60.8 Å². The van der Waals surface area contributed by atoms with Crippen molar-refractivity contribution in [1.82, 2.24) is 4.90 Å². The van der Waals surface area contributed by atoms with E-state index in [0.717, 1.165) is 0 Å². The number of carboxylic acid groups (broad SMARTS) is 1. The first-order valence-corrected chi connectivity index (χ1v) is 5.32. The van der Waals surface area contributed by atoms with E-state index < -0.39 is 11.8 Å². The zero-order chi connectivity index (χ0) is 13.0. The second-order valence-electron chi connectivity index (χ2n) is 4.00. The van der Waals surface area contributed by atoms with E-state index in [1.165, 1.54) is 18.2 Å². The maximum absolute atomic E-state index is 13.1. The SMILES string of the molecule is CC(c1cc(F)ccc1O)N(C)CCC(=O)O. The smallest absolute Gasteiger partial charge is 0.304 e. The Morgan fingerprint density at radius 1 is 1.53 bits per heavy atom. The molecule has 0 aromatic heterocycles. The first-order valence-electron chi connectivity index (χ1n) is 5.32. The molecule has 1 unspecified atom stereocenters. The molecule has 0 aliphatic heterocycles. The van der Waals surface area contributed by atoms with E-state index in [-0.39, 0.29) is 18.2 Å². The third-order valence-corrected chi connectivity index (χ3v) is 2.78. The fourth-order valence-corrected chi connectivity index (χ4v) is 1.56. The highest BCUT2D eigenvalue weighted by atomic mass is 19.1. The first kappa shape index (κ1) is 13.4. The van der Waals surface area contributed by atoms with Gasteiger partial charge in [-0.25, -0.2) is 4.39 Å². The largest absolute Gasteiger partial charge is 0.508 e. The number of halogens is 1. The van der Waals surface area contributed by atoms with Gasteiger partial charge in [-0.1, -0.05) is 0 Å². The van der Waals surface area contributed by atoms with E-state index in [9.17, 15) is 14.3 Å². The Morgan fingerprint density at radius 2 is 2.18 bits per heavy atom. The molecule has 0 heterocycles. The van der Waals surface area contributed by atoms with Crippen LogP contribution in [0.2, 0.25) is 0 Å². The first-order chi connectivity index (χ1) is 7.91. The standard InChI is InChI=1S/C12H16FNO3/c1-8(14(2)6-5-12(16)17)10-7-9(13)3-4-11(10)15/h3-4,7-8,15H,5-6H2,1-2H3,(H,16,17). The monoisotopic (exact) mass is 241 g/mol. The van der Waals surface area contributed by atoms with Gasteiger partial charge in [-0.3, -0.25) is 9.69 Å². The molecule has 0 saturated heterocycles. The van der Waals surface area contributed by atoms with Gasteiger partial charge in [0, 0.05) is 18.2 Å². The molecule has 0 bridgehead atoms. The molecule has 94 valence electrons. The molecular formula is C12H16FNO3. The molecule has 5 heteroatoms. The highest BCUT2D eigenvalue weighted by Crippen LogP contribution is 2.28. The second kappa shape index (κ2) is 5.63. The van der Waals surface area contributed by atoms with Crippen molar-refractivity contribution in [3.05, 3.63) is 29.6 Å². The van der Waals surface area contributed by atoms with Crippen molar-refractivity contribution in [3.8, 4) is 5.75 Å². The quantitative estimate of drug-likeness (QED) is 0.827. The zero-order valence-electron chi connectivity index (χ0n) is 9.85. The number of phenols is 1. The van der Waals surface area contributed by atoms with Gasteiger partial charge >= 0.3 is 5.97 Å². The van der Waals surface area contributed by atoms with Gasteiger partial charge in [0.25, 0.3) is 0 Å². The van der Waals surface area contributed by atoms with Crippen molar-refractivity contribution >= 4 is 5.97 Å². The van der Waals surface area contributed by atoms with Gasteiger partial charge in [-0.05, 0) is 32.2 Å². The van der Waals surface area contributed by atoms with E-state index in [1.54, 1.807) is 18.9 Å². The molecule has 0 aliphatic rings. The minimum atomic E-state index is -0.882. The average Bonchev–Trinajstić information content (AvgIpc) is 2.28. The number of carboxylic acids is 1. The third kappa shape index (κ3) is 3.71. The van der Waals surface area contributed by atoms with E-state index in [1.807, 2.05) is 0 Å². The van der Waals surface area contributed by atoms with Gasteiger partial charge in [0.05, 0.1) is 6.42 Å². The molecule has 1 aromatic rings. The number of phenolic OH excluding ortho intramolecular Hbond substituents is 1. The number of nitrogens with zero attached hydrogens (tertiary/aromatic N) is 1. The van der Waals surface area contributed by atoms with Crippen LogP contribution in [0.25, 0.3) is 0 Å². The number of aromatic hydroxyl groups is 1. The molecule has 0 aliphatic carbocycles. The molecule has 2 N–H and O–H groups in total. The highest BCUT2D eigenvalue weighted by Gasteiger charge is 2.16. The van der Waals surface area contributed by atoms with Crippen LogP contribution in [0.15, 0.2) is 18.2 Å². The maximum atomic E-state index is 13.1. The summed E-state index contributed by atoms with van der Waals surface area (Å²) in [5.74, 6) is -1.29. The van der Waals surface area contributed by atoms with Gasteiger partial charge in [-0.15, -0.1) is 0 Å². The third-order valence-electron chi connectivity index (χ3n) is 2.78. The fourth-order valence-electron chi connectivity index (χ4n) is 1.56. The van der Waals surface area contributed by atoms with Gasteiger partial charge in [0.15, 0.2) is 0 Å². The van der Waals surface area contributed by atoms with Crippen molar-refractivity contribution in [3.63, 3.8) is 0 Å². The number of hydrogen-bond donors (Lipinski definition) is 2. The molecule has 0 fully saturated rings. The van der Waals surface area contributed by atoms with Crippen LogP contribution in [-0.4, -0.2) is 34.7 Å². The van der Waals surface area contributed by atoms with Crippen LogP contribution < -0.4 is 0 Å². The predicted octanol–water partition coefficient (Wildman–Crippen LogP) is 2.00. The lowest BCUT2D eigenvalue weighted by Crippen LogP contribution is -2.25. The van der Waals surface area contributed by atoms with Crippen LogP contribution in [0.1, 0.15) is 24.9 Å². The summed E-state index contributed by atoms with van der Waals surface area (Å²) in [7, 11) is 1.73. The maximum Gasteiger partial charge on any atom is 0.304 e. The minimum absolute atomic E-state index is 0.0108. The van der Waals surface area contributed by atoms with E-state index in [0.29, 0.717) is 12.1 Å². The fraction of sp³-hybridized carbons (Fsp3) is 0.417. The van der Waals surface area contributed by atoms with Crippen LogP contribution in [0.5, 0.6) is 5.75 Å². The minimum Gasteiger partial charge on any atom is -0.508 e. The molecular weight excluding hydrogens is 225 g/mol. The predicted molar refractivity (Wildman–Crippen MR) is 61.4 cm³/mol. The van der Waals surface area contributed by atoms with E-state index in [2.05, 4.69) is 0 Å². The van der Waals surface area contributed by atoms with Crippen molar-refractivity contribution in [2.75, 3.05) is 13.6 Å². The zero-order valence-corrected chi connectivity index (χ0v) is 9.85. The second-order valence-corrected chi connectivity index (χ2v) is 4.00. The summed E-state index contributed by atoms with van der Waals surface area (Å²) in [6.45, 7) is 2.13. The Labute approximate surface area is 99.3 Å². The number of rotatable bonds is 5. The number of aliphatic carboxylic acids is 1. The van der Waals surface area contributed by atoms with Gasteiger partial charge in [-0.2, -0.15) is 0 Å². The van der Waals surface area contributed by atoms with Crippen LogP contribution in [-0.2, 0) is 4.79 Å². The summed E-state index contributed by atoms with van der Waals surface area (Å²) < 4.78 is 13.1. The van der Waals surface area contributed by atoms with Crippen LogP contribution in [0, 0.1) is 5.82 Å². The molecule has 0 radical (unpaired) electrons. The lowest BCUT2D eigenvalue weighted by atomic mass is 10.1. The molecule has 17 heavy (non-hydrogen) atoms. The normalized spacial score (nSPS) is 12.7. The Morgan fingerprint density at radius 3 is 2.76 bits per heavy atom. The molecule has 0 saturated carbocycles. The number of hydrogen-bond acceptors (Lipinski definition) is 3. The number of carbonyl (C=O) groups is 1. The van der Waals surface area contributed by atoms with Crippen molar-refractivity contribution in [1.29, 1.82) is 0 Å². The highest BCUT2D eigenvalue weighted by molar-refractivity contribution is 5.66. The van der Waals surface area contributed by atoms with Crippen molar-refractivity contribution in [2.45, 2.75) is 19.4 Å². The molecule has 1 atom stereocenters. The summed E-state index contributed by atoms with van der Waals surface area (Å²) >= 11 is 0. The van der Waals surface area contributed by atoms with Crippen LogP contribution >= 0.6 is 0 Å². The summed E-state index contributed by atoms with van der Waals surface area (Å²) in [5, 5.41) is 18.2. The summed E-state index contributed by atoms with van der Waals surface area (Å²) in [4.78, 5) is 12.2. The lowest BCUT2D eigenvalue weighted by molar-refractivity contribution is -0.137. The molecule has 4 nitrogen and oxygen atoms in total. The summed E-state index contributed by atoms with van der Waals surface area (Å²) in [6.07, 6.45) is 0.0108. The molecule has 1 aromatic carbocycles. The van der Waals surface area contributed by atoms with E-state index >= 15 is 0 Å². The van der Waals surface area contributed by atoms with Gasteiger partial charge in [0.2, 0.25) is 0 Å². The Kier molecular flexibility index (Phi) is 4.45. The molecule has 1 rings (SSSR count). The Bertz CT molecular complexity index is 409. The Balaban J connectivity index is 2.77. The number of benzene rings is 1. The summed E-state index contributed by atoms with van der Waals surface area (Å²) in [5.41, 5.74) is 0.456.